The SMILES string of the molecule is CC(=O)N(NC(=O)C(CC(C)C)[C@@H](CC=Cc1ccccc1)C(=O)NO[C@H]1CCCCO1)c1ccccc1. The van der Waals surface area contributed by atoms with Crippen LogP contribution in [-0.2, 0) is 24.0 Å². The molecule has 1 unspecified atom stereocenters. The van der Waals surface area contributed by atoms with Gasteiger partial charge in [0.15, 0.2) is 6.29 Å². The Balaban J connectivity index is 1.82. The van der Waals surface area contributed by atoms with E-state index in [4.69, 9.17) is 9.57 Å². The molecule has 0 bridgehead atoms. The predicted octanol–water partition coefficient (Wildman–Crippen LogP) is 5.03. The lowest BCUT2D eigenvalue weighted by atomic mass is 9.82. The van der Waals surface area contributed by atoms with Gasteiger partial charge in [-0.15, -0.1) is 0 Å². The van der Waals surface area contributed by atoms with Crippen LogP contribution in [-0.4, -0.2) is 30.6 Å². The zero-order valence-electron chi connectivity index (χ0n) is 22.5. The number of hydrazine groups is 1. The number of benzene rings is 2. The van der Waals surface area contributed by atoms with E-state index >= 15 is 0 Å². The summed E-state index contributed by atoms with van der Waals surface area (Å²) < 4.78 is 5.57. The number of rotatable bonds is 11. The Hall–Kier alpha value is -3.49. The molecule has 1 heterocycles. The molecule has 3 atom stereocenters. The number of nitrogens with one attached hydrogen (secondary N) is 2. The number of anilines is 1. The molecule has 3 rings (SSSR count). The normalized spacial score (nSPS) is 17.1. The molecular weight excluding hydrogens is 482 g/mol. The van der Waals surface area contributed by atoms with Crippen molar-refractivity contribution in [1.82, 2.24) is 10.9 Å². The van der Waals surface area contributed by atoms with Crippen LogP contribution in [0, 0.1) is 17.8 Å². The lowest BCUT2D eigenvalue weighted by Crippen LogP contribution is -2.51. The topological polar surface area (TPSA) is 97.0 Å². The van der Waals surface area contributed by atoms with Crippen molar-refractivity contribution in [2.75, 3.05) is 11.6 Å². The number of allylic oxidation sites excluding steroid dienone is 1. The lowest BCUT2D eigenvalue weighted by Gasteiger charge is -2.30. The van der Waals surface area contributed by atoms with Crippen LogP contribution in [0.15, 0.2) is 66.7 Å². The van der Waals surface area contributed by atoms with Gasteiger partial charge < -0.3 is 4.74 Å². The second-order valence-corrected chi connectivity index (χ2v) is 9.94. The van der Waals surface area contributed by atoms with Crippen molar-refractivity contribution >= 4 is 29.5 Å². The number of hydrogen-bond acceptors (Lipinski definition) is 5. The number of amides is 3. The van der Waals surface area contributed by atoms with Gasteiger partial charge in [0, 0.05) is 20.0 Å². The molecule has 1 fully saturated rings. The number of hydrogen-bond donors (Lipinski definition) is 2. The highest BCUT2D eigenvalue weighted by Crippen LogP contribution is 2.26. The van der Waals surface area contributed by atoms with Gasteiger partial charge >= 0.3 is 0 Å². The largest absolute Gasteiger partial charge is 0.350 e. The minimum atomic E-state index is -0.731. The van der Waals surface area contributed by atoms with Crippen LogP contribution < -0.4 is 15.9 Å². The maximum absolute atomic E-state index is 13.7. The Bertz CT molecular complexity index is 1050. The highest BCUT2D eigenvalue weighted by Gasteiger charge is 2.35. The van der Waals surface area contributed by atoms with Crippen molar-refractivity contribution in [2.45, 2.75) is 59.2 Å². The van der Waals surface area contributed by atoms with Crippen molar-refractivity contribution in [3.63, 3.8) is 0 Å². The quantitative estimate of drug-likeness (QED) is 0.405. The molecule has 8 nitrogen and oxygen atoms in total. The van der Waals surface area contributed by atoms with Crippen molar-refractivity contribution in [3.8, 4) is 0 Å². The molecule has 1 aliphatic heterocycles. The zero-order chi connectivity index (χ0) is 27.3. The van der Waals surface area contributed by atoms with Gasteiger partial charge in [-0.2, -0.15) is 0 Å². The average molecular weight is 522 g/mol. The van der Waals surface area contributed by atoms with Crippen molar-refractivity contribution in [3.05, 3.63) is 72.3 Å². The zero-order valence-corrected chi connectivity index (χ0v) is 22.5. The highest BCUT2D eigenvalue weighted by atomic mass is 16.8. The van der Waals surface area contributed by atoms with Crippen LogP contribution in [0.2, 0.25) is 0 Å². The van der Waals surface area contributed by atoms with E-state index in [9.17, 15) is 14.4 Å². The van der Waals surface area contributed by atoms with E-state index in [0.29, 0.717) is 31.6 Å². The van der Waals surface area contributed by atoms with Crippen LogP contribution in [0.4, 0.5) is 5.69 Å². The molecule has 3 amide bonds. The second kappa shape index (κ2) is 15.1. The van der Waals surface area contributed by atoms with E-state index in [1.165, 1.54) is 11.9 Å². The fourth-order valence-corrected chi connectivity index (χ4v) is 4.43. The van der Waals surface area contributed by atoms with Crippen molar-refractivity contribution in [1.29, 1.82) is 0 Å². The molecule has 1 saturated heterocycles. The summed E-state index contributed by atoms with van der Waals surface area (Å²) in [5.74, 6) is -2.45. The first kappa shape index (κ1) is 29.1. The smallest absolute Gasteiger partial charge is 0.247 e. The summed E-state index contributed by atoms with van der Waals surface area (Å²) in [5, 5.41) is 1.22. The predicted molar refractivity (Wildman–Crippen MR) is 147 cm³/mol. The molecule has 2 aromatic rings. The van der Waals surface area contributed by atoms with Crippen molar-refractivity contribution < 1.29 is 24.0 Å². The molecule has 0 saturated carbocycles. The molecule has 2 N–H and O–H groups in total. The summed E-state index contributed by atoms with van der Waals surface area (Å²) >= 11 is 0. The van der Waals surface area contributed by atoms with Gasteiger partial charge in [-0.1, -0.05) is 74.5 Å². The number of nitrogens with zero attached hydrogens (tertiary/aromatic N) is 1. The van der Waals surface area contributed by atoms with Crippen LogP contribution in [0.5, 0.6) is 0 Å². The third-order valence-electron chi connectivity index (χ3n) is 6.36. The molecule has 8 heteroatoms. The van der Waals surface area contributed by atoms with E-state index in [1.54, 1.807) is 24.3 Å². The number of para-hydroxylation sites is 1. The van der Waals surface area contributed by atoms with Crippen LogP contribution in [0.1, 0.15) is 58.4 Å². The van der Waals surface area contributed by atoms with Crippen molar-refractivity contribution in [2.24, 2.45) is 17.8 Å². The Labute approximate surface area is 225 Å². The van der Waals surface area contributed by atoms with Gasteiger partial charge in [0.1, 0.15) is 0 Å². The van der Waals surface area contributed by atoms with Gasteiger partial charge in [0.05, 0.1) is 17.5 Å². The summed E-state index contributed by atoms with van der Waals surface area (Å²) in [6, 6.07) is 18.7. The standard InChI is InChI=1S/C30H39N3O5/c1-22(2)21-27(29(35)31-33(23(3)34)25-16-8-5-9-17-25)26(18-12-15-24-13-6-4-7-14-24)30(36)32-38-28-19-10-11-20-37-28/h4-9,12-17,22,26-28H,10-11,18-21H2,1-3H3,(H,31,35)(H,32,36)/t26-,27?,28+/m1/s1. The van der Waals surface area contributed by atoms with Crippen LogP contribution in [0.25, 0.3) is 6.08 Å². The Kier molecular flexibility index (Phi) is 11.5. The van der Waals surface area contributed by atoms with Gasteiger partial charge in [-0.25, -0.2) is 15.3 Å². The molecule has 0 radical (unpaired) electrons. The fourth-order valence-electron chi connectivity index (χ4n) is 4.43. The van der Waals surface area contributed by atoms with Crippen LogP contribution in [0.3, 0.4) is 0 Å². The molecule has 2 aromatic carbocycles. The fraction of sp³-hybridized carbons (Fsp3) is 0.433. The van der Waals surface area contributed by atoms with E-state index in [0.717, 1.165) is 18.4 Å². The second-order valence-electron chi connectivity index (χ2n) is 9.94. The van der Waals surface area contributed by atoms with E-state index < -0.39 is 29.9 Å². The first-order valence-electron chi connectivity index (χ1n) is 13.3. The van der Waals surface area contributed by atoms with Gasteiger partial charge in [0.2, 0.25) is 17.7 Å². The molecule has 204 valence electrons. The maximum Gasteiger partial charge on any atom is 0.247 e. The average Bonchev–Trinajstić information content (AvgIpc) is 2.93. The highest BCUT2D eigenvalue weighted by molar-refractivity contribution is 5.96. The minimum absolute atomic E-state index is 0.129. The van der Waals surface area contributed by atoms with E-state index in [1.807, 2.05) is 62.4 Å². The molecule has 0 aromatic heterocycles. The van der Waals surface area contributed by atoms with Gasteiger partial charge in [0.25, 0.3) is 0 Å². The molecule has 38 heavy (non-hydrogen) atoms. The summed E-state index contributed by atoms with van der Waals surface area (Å²) in [4.78, 5) is 45.1. The molecule has 0 spiro atoms. The number of carbonyl (C=O) groups is 3. The lowest BCUT2D eigenvalue weighted by molar-refractivity contribution is -0.203. The van der Waals surface area contributed by atoms with E-state index in [2.05, 4.69) is 10.9 Å². The molecule has 1 aliphatic rings. The Morgan fingerprint density at radius 1 is 1.00 bits per heavy atom. The number of carbonyl (C=O) groups excluding carboxylic acids is 3. The monoisotopic (exact) mass is 521 g/mol. The van der Waals surface area contributed by atoms with Crippen LogP contribution >= 0.6 is 0 Å². The third kappa shape index (κ3) is 9.11. The number of ether oxygens (including phenoxy) is 1. The van der Waals surface area contributed by atoms with E-state index in [-0.39, 0.29) is 11.8 Å². The number of hydroxylamine groups is 1. The Morgan fingerprint density at radius 3 is 2.29 bits per heavy atom. The first-order chi connectivity index (χ1) is 18.3. The minimum Gasteiger partial charge on any atom is -0.350 e. The summed E-state index contributed by atoms with van der Waals surface area (Å²) in [5.41, 5.74) is 6.86. The third-order valence-corrected chi connectivity index (χ3v) is 6.36. The summed E-state index contributed by atoms with van der Waals surface area (Å²) in [7, 11) is 0. The molecule has 0 aliphatic carbocycles. The van der Waals surface area contributed by atoms with Gasteiger partial charge in [-0.3, -0.25) is 19.8 Å². The first-order valence-corrected chi connectivity index (χ1v) is 13.3. The van der Waals surface area contributed by atoms with Gasteiger partial charge in [-0.05, 0) is 49.3 Å². The summed E-state index contributed by atoms with van der Waals surface area (Å²) in [6.45, 7) is 5.97. The maximum atomic E-state index is 13.7. The summed E-state index contributed by atoms with van der Waals surface area (Å²) in [6.07, 6.45) is 6.71. The molecular formula is C30H39N3O5. The Morgan fingerprint density at radius 2 is 1.68 bits per heavy atom.